The SMILES string of the molecule is COc1ccc(CN2CCN(S(=O)(=O)c3ccccc3)CC2)cc1OC. The quantitative estimate of drug-likeness (QED) is 0.774. The van der Waals surface area contributed by atoms with Crippen molar-refractivity contribution in [3.8, 4) is 11.5 Å². The third-order valence-electron chi connectivity index (χ3n) is 4.57. The van der Waals surface area contributed by atoms with Crippen LogP contribution in [0.25, 0.3) is 0 Å². The van der Waals surface area contributed by atoms with Crippen molar-refractivity contribution in [3.63, 3.8) is 0 Å². The highest BCUT2D eigenvalue weighted by Gasteiger charge is 2.28. The van der Waals surface area contributed by atoms with Crippen LogP contribution in [0.3, 0.4) is 0 Å². The Balaban J connectivity index is 1.62. The number of methoxy groups -OCH3 is 2. The highest BCUT2D eigenvalue weighted by atomic mass is 32.2. The fourth-order valence-corrected chi connectivity index (χ4v) is 4.55. The molecule has 7 heteroatoms. The Morgan fingerprint density at radius 3 is 2.15 bits per heavy atom. The van der Waals surface area contributed by atoms with E-state index in [1.807, 2.05) is 24.3 Å². The summed E-state index contributed by atoms with van der Waals surface area (Å²) in [4.78, 5) is 2.60. The average molecular weight is 376 g/mol. The van der Waals surface area contributed by atoms with Gasteiger partial charge in [-0.3, -0.25) is 4.90 Å². The zero-order valence-corrected chi connectivity index (χ0v) is 15.9. The van der Waals surface area contributed by atoms with E-state index in [4.69, 9.17) is 9.47 Å². The number of piperazine rings is 1. The van der Waals surface area contributed by atoms with Gasteiger partial charge in [0.2, 0.25) is 10.0 Å². The van der Waals surface area contributed by atoms with Crippen molar-refractivity contribution in [2.75, 3.05) is 40.4 Å². The van der Waals surface area contributed by atoms with Crippen LogP contribution in [0.15, 0.2) is 53.4 Å². The van der Waals surface area contributed by atoms with E-state index in [9.17, 15) is 8.42 Å². The number of sulfonamides is 1. The van der Waals surface area contributed by atoms with E-state index in [1.165, 1.54) is 0 Å². The molecule has 6 nitrogen and oxygen atoms in total. The minimum absolute atomic E-state index is 0.355. The topological polar surface area (TPSA) is 59.1 Å². The zero-order valence-electron chi connectivity index (χ0n) is 15.1. The molecule has 1 fully saturated rings. The van der Waals surface area contributed by atoms with E-state index in [2.05, 4.69) is 4.90 Å². The van der Waals surface area contributed by atoms with Gasteiger partial charge in [0, 0.05) is 32.7 Å². The molecule has 0 aromatic heterocycles. The lowest BCUT2D eigenvalue weighted by atomic mass is 10.1. The van der Waals surface area contributed by atoms with Crippen molar-refractivity contribution in [1.29, 1.82) is 0 Å². The molecule has 0 N–H and O–H groups in total. The predicted molar refractivity (Wildman–Crippen MR) is 100 cm³/mol. The first-order valence-corrected chi connectivity index (χ1v) is 9.97. The van der Waals surface area contributed by atoms with Crippen molar-refractivity contribution in [1.82, 2.24) is 9.21 Å². The minimum atomic E-state index is -3.41. The van der Waals surface area contributed by atoms with Gasteiger partial charge in [-0.1, -0.05) is 24.3 Å². The lowest BCUT2D eigenvalue weighted by molar-refractivity contribution is 0.181. The molecule has 1 heterocycles. The van der Waals surface area contributed by atoms with Gasteiger partial charge in [0.05, 0.1) is 19.1 Å². The van der Waals surface area contributed by atoms with E-state index >= 15 is 0 Å². The van der Waals surface area contributed by atoms with Gasteiger partial charge in [-0.15, -0.1) is 0 Å². The van der Waals surface area contributed by atoms with Crippen molar-refractivity contribution in [2.45, 2.75) is 11.4 Å². The molecule has 0 amide bonds. The van der Waals surface area contributed by atoms with Crippen LogP contribution in [0.5, 0.6) is 11.5 Å². The summed E-state index contributed by atoms with van der Waals surface area (Å²) in [7, 11) is -0.173. The molecular weight excluding hydrogens is 352 g/mol. The van der Waals surface area contributed by atoms with Crippen LogP contribution in [0.4, 0.5) is 0 Å². The first kappa shape index (κ1) is 18.7. The summed E-state index contributed by atoms with van der Waals surface area (Å²) in [5, 5.41) is 0. The Morgan fingerprint density at radius 2 is 1.54 bits per heavy atom. The molecule has 3 rings (SSSR count). The molecule has 0 radical (unpaired) electrons. The van der Waals surface area contributed by atoms with E-state index in [1.54, 1.807) is 42.8 Å². The lowest BCUT2D eigenvalue weighted by Gasteiger charge is -2.34. The van der Waals surface area contributed by atoms with Crippen LogP contribution in [0.2, 0.25) is 0 Å². The van der Waals surface area contributed by atoms with E-state index < -0.39 is 10.0 Å². The molecule has 1 aliphatic heterocycles. The second-order valence-corrected chi connectivity index (χ2v) is 8.12. The second kappa shape index (κ2) is 8.07. The van der Waals surface area contributed by atoms with Crippen molar-refractivity contribution in [2.24, 2.45) is 0 Å². The van der Waals surface area contributed by atoms with E-state index in [-0.39, 0.29) is 0 Å². The van der Waals surface area contributed by atoms with E-state index in [0.717, 1.165) is 12.1 Å². The smallest absolute Gasteiger partial charge is 0.243 e. The summed E-state index contributed by atoms with van der Waals surface area (Å²) in [6.45, 7) is 3.12. The predicted octanol–water partition coefficient (Wildman–Crippen LogP) is 2.21. The molecule has 26 heavy (non-hydrogen) atoms. The molecule has 0 aliphatic carbocycles. The minimum Gasteiger partial charge on any atom is -0.493 e. The zero-order chi connectivity index (χ0) is 18.6. The molecule has 0 spiro atoms. The fraction of sp³-hybridized carbons (Fsp3) is 0.368. The summed E-state index contributed by atoms with van der Waals surface area (Å²) in [6.07, 6.45) is 0. The first-order valence-electron chi connectivity index (χ1n) is 8.53. The summed E-state index contributed by atoms with van der Waals surface area (Å²) in [5.41, 5.74) is 1.11. The molecular formula is C19H24N2O4S. The van der Waals surface area contributed by atoms with Gasteiger partial charge in [-0.25, -0.2) is 8.42 Å². The number of rotatable bonds is 6. The largest absolute Gasteiger partial charge is 0.493 e. The maximum Gasteiger partial charge on any atom is 0.243 e. The van der Waals surface area contributed by atoms with Crippen molar-refractivity contribution < 1.29 is 17.9 Å². The molecule has 2 aromatic carbocycles. The van der Waals surface area contributed by atoms with Gasteiger partial charge in [0.25, 0.3) is 0 Å². The summed E-state index contributed by atoms with van der Waals surface area (Å²) >= 11 is 0. The summed E-state index contributed by atoms with van der Waals surface area (Å²) in [5.74, 6) is 1.41. The van der Waals surface area contributed by atoms with Gasteiger partial charge < -0.3 is 9.47 Å². The van der Waals surface area contributed by atoms with Crippen LogP contribution in [-0.4, -0.2) is 58.0 Å². The molecule has 140 valence electrons. The Morgan fingerprint density at radius 1 is 0.885 bits per heavy atom. The molecule has 0 unspecified atom stereocenters. The molecule has 0 saturated carbocycles. The summed E-state index contributed by atoms with van der Waals surface area (Å²) < 4.78 is 37.5. The molecule has 0 atom stereocenters. The van der Waals surface area contributed by atoms with Gasteiger partial charge in [-0.2, -0.15) is 4.31 Å². The Labute approximate surface area is 155 Å². The Hall–Kier alpha value is -2.09. The standard InChI is InChI=1S/C19H24N2O4S/c1-24-18-9-8-16(14-19(18)25-2)15-20-10-12-21(13-11-20)26(22,23)17-6-4-3-5-7-17/h3-9,14H,10-13,15H2,1-2H3. The first-order chi connectivity index (χ1) is 12.5. The highest BCUT2D eigenvalue weighted by Crippen LogP contribution is 2.28. The number of hydrogen-bond acceptors (Lipinski definition) is 5. The van der Waals surface area contributed by atoms with Gasteiger partial charge >= 0.3 is 0 Å². The third kappa shape index (κ3) is 4.00. The summed E-state index contributed by atoms with van der Waals surface area (Å²) in [6, 6.07) is 14.5. The maximum absolute atomic E-state index is 12.7. The van der Waals surface area contributed by atoms with Crippen LogP contribution in [0, 0.1) is 0 Å². The maximum atomic E-state index is 12.7. The second-order valence-electron chi connectivity index (χ2n) is 6.18. The molecule has 1 saturated heterocycles. The van der Waals surface area contributed by atoms with Crippen molar-refractivity contribution in [3.05, 3.63) is 54.1 Å². The number of nitrogens with zero attached hydrogens (tertiary/aromatic N) is 2. The lowest BCUT2D eigenvalue weighted by Crippen LogP contribution is -2.48. The van der Waals surface area contributed by atoms with E-state index in [0.29, 0.717) is 42.6 Å². The molecule has 0 bridgehead atoms. The van der Waals surface area contributed by atoms with Crippen molar-refractivity contribution >= 4 is 10.0 Å². The third-order valence-corrected chi connectivity index (χ3v) is 6.48. The van der Waals surface area contributed by atoms with Crippen LogP contribution in [-0.2, 0) is 16.6 Å². The average Bonchev–Trinajstić information content (AvgIpc) is 2.69. The number of benzene rings is 2. The van der Waals surface area contributed by atoms with Crippen LogP contribution >= 0.6 is 0 Å². The molecule has 1 aliphatic rings. The fourth-order valence-electron chi connectivity index (χ4n) is 3.11. The highest BCUT2D eigenvalue weighted by molar-refractivity contribution is 7.89. The normalized spacial score (nSPS) is 16.4. The van der Waals surface area contributed by atoms with Gasteiger partial charge in [0.15, 0.2) is 11.5 Å². The van der Waals surface area contributed by atoms with Gasteiger partial charge in [0.1, 0.15) is 0 Å². The Bertz CT molecular complexity index is 832. The molecule has 2 aromatic rings. The monoisotopic (exact) mass is 376 g/mol. The number of hydrogen-bond donors (Lipinski definition) is 0. The van der Waals surface area contributed by atoms with Crippen LogP contribution < -0.4 is 9.47 Å². The van der Waals surface area contributed by atoms with Gasteiger partial charge in [-0.05, 0) is 29.8 Å². The number of ether oxygens (including phenoxy) is 2. The van der Waals surface area contributed by atoms with Crippen LogP contribution in [0.1, 0.15) is 5.56 Å². The Kier molecular flexibility index (Phi) is 5.80.